The van der Waals surface area contributed by atoms with Crippen molar-refractivity contribution in [3.63, 3.8) is 0 Å². The van der Waals surface area contributed by atoms with Gasteiger partial charge in [-0.25, -0.2) is 27.3 Å². The Morgan fingerprint density at radius 2 is 1.93 bits per heavy atom. The fourth-order valence-corrected chi connectivity index (χ4v) is 3.31. The lowest BCUT2D eigenvalue weighted by atomic mass is 9.97. The summed E-state index contributed by atoms with van der Waals surface area (Å²) in [5.74, 6) is -4.62. The minimum atomic E-state index is -1.61. The Bertz CT molecular complexity index is 1060. The molecule has 6 nitrogen and oxygen atoms in total. The third-order valence-electron chi connectivity index (χ3n) is 4.73. The molecule has 1 atom stereocenters. The molecule has 150 valence electrons. The van der Waals surface area contributed by atoms with E-state index in [4.69, 9.17) is 4.52 Å². The number of aromatic nitrogens is 2. The molecule has 4 rings (SSSR count). The Morgan fingerprint density at radius 1 is 1.21 bits per heavy atom. The van der Waals surface area contributed by atoms with E-state index in [1.165, 1.54) is 17.0 Å². The molecule has 1 N–H and O–H groups in total. The molecular formula is C19H14F4N4O2. The average Bonchev–Trinajstić information content (AvgIpc) is 3.12. The number of benzene rings is 1. The highest BCUT2D eigenvalue weighted by Crippen LogP contribution is 2.37. The van der Waals surface area contributed by atoms with Gasteiger partial charge in [-0.1, -0.05) is 5.16 Å². The van der Waals surface area contributed by atoms with Crippen molar-refractivity contribution in [2.75, 3.05) is 11.9 Å². The SMILES string of the molecule is CC1c2c(noc2-c2ccc(F)cn2)CCN1C(=O)Nc1cc(F)c(F)c(F)c1. The number of carbonyl (C=O) groups excluding carboxylic acids is 1. The van der Waals surface area contributed by atoms with Crippen LogP contribution in [0.1, 0.15) is 24.2 Å². The third-order valence-corrected chi connectivity index (χ3v) is 4.73. The molecular weight excluding hydrogens is 392 g/mol. The molecule has 0 aliphatic carbocycles. The van der Waals surface area contributed by atoms with Gasteiger partial charge >= 0.3 is 6.03 Å². The summed E-state index contributed by atoms with van der Waals surface area (Å²) in [6.07, 6.45) is 1.42. The van der Waals surface area contributed by atoms with Crippen molar-refractivity contribution in [1.29, 1.82) is 0 Å². The normalized spacial score (nSPS) is 15.9. The monoisotopic (exact) mass is 406 g/mol. The van der Waals surface area contributed by atoms with Gasteiger partial charge in [0.15, 0.2) is 23.2 Å². The van der Waals surface area contributed by atoms with Crippen LogP contribution in [0.25, 0.3) is 11.5 Å². The predicted octanol–water partition coefficient (Wildman–Crippen LogP) is 4.44. The zero-order valence-corrected chi connectivity index (χ0v) is 15.0. The number of hydrogen-bond donors (Lipinski definition) is 1. The second-order valence-electron chi connectivity index (χ2n) is 6.54. The van der Waals surface area contributed by atoms with Gasteiger partial charge in [-0.3, -0.25) is 0 Å². The van der Waals surface area contributed by atoms with Crippen LogP contribution in [0.15, 0.2) is 35.0 Å². The van der Waals surface area contributed by atoms with E-state index in [0.717, 1.165) is 6.20 Å². The van der Waals surface area contributed by atoms with Gasteiger partial charge in [-0.15, -0.1) is 0 Å². The Morgan fingerprint density at radius 3 is 2.59 bits per heavy atom. The predicted molar refractivity (Wildman–Crippen MR) is 93.9 cm³/mol. The molecule has 3 heterocycles. The highest BCUT2D eigenvalue weighted by molar-refractivity contribution is 5.90. The van der Waals surface area contributed by atoms with Gasteiger partial charge < -0.3 is 14.7 Å². The minimum Gasteiger partial charge on any atom is -0.354 e. The van der Waals surface area contributed by atoms with Crippen molar-refractivity contribution < 1.29 is 26.9 Å². The molecule has 0 bridgehead atoms. The summed E-state index contributed by atoms with van der Waals surface area (Å²) in [5.41, 5.74) is 1.40. The second-order valence-corrected chi connectivity index (χ2v) is 6.54. The molecule has 3 aromatic rings. The number of pyridine rings is 1. The van der Waals surface area contributed by atoms with Crippen LogP contribution in [0.4, 0.5) is 28.0 Å². The van der Waals surface area contributed by atoms with E-state index in [1.54, 1.807) is 6.92 Å². The maximum Gasteiger partial charge on any atom is 0.322 e. The quantitative estimate of drug-likeness (QED) is 0.504. The summed E-state index contributed by atoms with van der Waals surface area (Å²) < 4.78 is 58.4. The van der Waals surface area contributed by atoms with E-state index in [1.807, 2.05) is 0 Å². The first-order valence-corrected chi connectivity index (χ1v) is 8.67. The van der Waals surface area contributed by atoms with Crippen LogP contribution in [0, 0.1) is 23.3 Å². The number of anilines is 1. The Hall–Kier alpha value is -3.43. The summed E-state index contributed by atoms with van der Waals surface area (Å²) in [6.45, 7) is 2.00. The summed E-state index contributed by atoms with van der Waals surface area (Å²) in [7, 11) is 0. The van der Waals surface area contributed by atoms with Crippen molar-refractivity contribution in [2.24, 2.45) is 0 Å². The maximum atomic E-state index is 13.4. The lowest BCUT2D eigenvalue weighted by Gasteiger charge is -2.33. The van der Waals surface area contributed by atoms with Crippen LogP contribution in [-0.2, 0) is 6.42 Å². The highest BCUT2D eigenvalue weighted by atomic mass is 19.2. The molecule has 0 spiro atoms. The van der Waals surface area contributed by atoms with E-state index in [-0.39, 0.29) is 12.2 Å². The van der Waals surface area contributed by atoms with Gasteiger partial charge in [-0.05, 0) is 19.1 Å². The number of nitrogens with zero attached hydrogens (tertiary/aromatic N) is 3. The topological polar surface area (TPSA) is 71.3 Å². The Kier molecular flexibility index (Phi) is 4.69. The van der Waals surface area contributed by atoms with E-state index >= 15 is 0 Å². The van der Waals surface area contributed by atoms with Gasteiger partial charge in [0, 0.05) is 36.3 Å². The van der Waals surface area contributed by atoms with Crippen molar-refractivity contribution in [2.45, 2.75) is 19.4 Å². The minimum absolute atomic E-state index is 0.213. The number of rotatable bonds is 2. The molecule has 2 aromatic heterocycles. The van der Waals surface area contributed by atoms with Gasteiger partial charge in [0.25, 0.3) is 0 Å². The fraction of sp³-hybridized carbons (Fsp3) is 0.211. The number of fused-ring (bicyclic) bond motifs is 1. The van der Waals surface area contributed by atoms with Crippen molar-refractivity contribution in [3.05, 3.63) is 65.0 Å². The first-order chi connectivity index (χ1) is 13.8. The lowest BCUT2D eigenvalue weighted by molar-refractivity contribution is 0.188. The summed E-state index contributed by atoms with van der Waals surface area (Å²) in [4.78, 5) is 18.1. The van der Waals surface area contributed by atoms with Gasteiger partial charge in [0.05, 0.1) is 17.9 Å². The first kappa shape index (κ1) is 18.9. The van der Waals surface area contributed by atoms with Crippen LogP contribution in [0.3, 0.4) is 0 Å². The number of carbonyl (C=O) groups is 1. The van der Waals surface area contributed by atoms with E-state index in [2.05, 4.69) is 15.5 Å². The molecule has 2 amide bonds. The standard InChI is InChI=1S/C19H14F4N4O2/c1-9-16-14(26-29-18(16)15-3-2-10(20)8-24-15)4-5-27(9)19(28)25-11-6-12(21)17(23)13(22)7-11/h2-3,6-9H,4-5H2,1H3,(H,25,28). The summed E-state index contributed by atoms with van der Waals surface area (Å²) in [6, 6.07) is 2.92. The zero-order valence-electron chi connectivity index (χ0n) is 15.0. The molecule has 0 saturated carbocycles. The van der Waals surface area contributed by atoms with Crippen LogP contribution in [0.5, 0.6) is 0 Å². The third kappa shape index (κ3) is 3.41. The Balaban J connectivity index is 1.60. The zero-order chi connectivity index (χ0) is 20.7. The van der Waals surface area contributed by atoms with Crippen molar-refractivity contribution in [3.8, 4) is 11.5 Å². The maximum absolute atomic E-state index is 13.4. The molecule has 1 unspecified atom stereocenters. The Labute approximate surface area is 162 Å². The number of hydrogen-bond acceptors (Lipinski definition) is 4. The fourth-order valence-electron chi connectivity index (χ4n) is 3.31. The van der Waals surface area contributed by atoms with E-state index in [0.29, 0.717) is 41.3 Å². The second kappa shape index (κ2) is 7.19. The van der Waals surface area contributed by atoms with Crippen LogP contribution < -0.4 is 5.32 Å². The average molecular weight is 406 g/mol. The lowest BCUT2D eigenvalue weighted by Crippen LogP contribution is -2.41. The van der Waals surface area contributed by atoms with Crippen LogP contribution in [0.2, 0.25) is 0 Å². The molecule has 1 aromatic carbocycles. The van der Waals surface area contributed by atoms with Gasteiger partial charge in [-0.2, -0.15) is 0 Å². The molecule has 1 aliphatic rings. The van der Waals surface area contributed by atoms with E-state index < -0.39 is 35.3 Å². The highest BCUT2D eigenvalue weighted by Gasteiger charge is 2.34. The van der Waals surface area contributed by atoms with Crippen molar-refractivity contribution in [1.82, 2.24) is 15.0 Å². The molecule has 0 radical (unpaired) electrons. The summed E-state index contributed by atoms with van der Waals surface area (Å²) >= 11 is 0. The molecule has 0 saturated heterocycles. The first-order valence-electron chi connectivity index (χ1n) is 8.67. The molecule has 29 heavy (non-hydrogen) atoms. The largest absolute Gasteiger partial charge is 0.354 e. The number of halogens is 4. The number of nitrogens with one attached hydrogen (secondary N) is 1. The van der Waals surface area contributed by atoms with Crippen LogP contribution in [-0.4, -0.2) is 27.6 Å². The molecule has 0 fully saturated rings. The number of amides is 2. The molecule has 1 aliphatic heterocycles. The van der Waals surface area contributed by atoms with Gasteiger partial charge in [0.1, 0.15) is 11.5 Å². The molecule has 10 heteroatoms. The van der Waals surface area contributed by atoms with Crippen LogP contribution >= 0.6 is 0 Å². The van der Waals surface area contributed by atoms with E-state index in [9.17, 15) is 22.4 Å². The van der Waals surface area contributed by atoms with Gasteiger partial charge in [0.2, 0.25) is 0 Å². The summed E-state index contributed by atoms with van der Waals surface area (Å²) in [5, 5.41) is 6.37. The number of urea groups is 1. The smallest absolute Gasteiger partial charge is 0.322 e. The van der Waals surface area contributed by atoms with Crippen molar-refractivity contribution >= 4 is 11.7 Å².